The quantitative estimate of drug-likeness (QED) is 0.619. The summed E-state index contributed by atoms with van der Waals surface area (Å²) in [5.74, 6) is -0.707. The SMILES string of the molecule is COC(=O)CN(CCF)c1ccc(C#N)c(C(F)(F)F)c1. The molecule has 1 aromatic rings. The highest BCUT2D eigenvalue weighted by atomic mass is 19.4. The van der Waals surface area contributed by atoms with Gasteiger partial charge in [0.15, 0.2) is 0 Å². The average Bonchev–Trinajstić information content (AvgIpc) is 2.45. The summed E-state index contributed by atoms with van der Waals surface area (Å²) in [4.78, 5) is 12.3. The number of alkyl halides is 4. The minimum Gasteiger partial charge on any atom is -0.468 e. The molecule has 0 radical (unpaired) electrons. The number of esters is 1. The second kappa shape index (κ2) is 6.92. The fourth-order valence-electron chi connectivity index (χ4n) is 1.68. The highest BCUT2D eigenvalue weighted by molar-refractivity contribution is 5.76. The van der Waals surface area contributed by atoms with Gasteiger partial charge in [-0.15, -0.1) is 0 Å². The zero-order chi connectivity index (χ0) is 16.0. The molecule has 8 heteroatoms. The van der Waals surface area contributed by atoms with E-state index in [9.17, 15) is 22.4 Å². The van der Waals surface area contributed by atoms with Crippen LogP contribution in [-0.4, -0.2) is 32.8 Å². The first-order chi connectivity index (χ1) is 9.83. The van der Waals surface area contributed by atoms with Crippen LogP contribution in [0.3, 0.4) is 0 Å². The maximum atomic E-state index is 12.9. The van der Waals surface area contributed by atoms with E-state index in [-0.39, 0.29) is 18.8 Å². The third kappa shape index (κ3) is 4.34. The molecule has 0 amide bonds. The van der Waals surface area contributed by atoms with Crippen molar-refractivity contribution in [3.63, 3.8) is 0 Å². The fraction of sp³-hybridized carbons (Fsp3) is 0.385. The lowest BCUT2D eigenvalue weighted by atomic mass is 10.1. The second-order valence-electron chi connectivity index (χ2n) is 4.03. The van der Waals surface area contributed by atoms with Crippen LogP contribution in [0.15, 0.2) is 18.2 Å². The van der Waals surface area contributed by atoms with Gasteiger partial charge in [-0.2, -0.15) is 18.4 Å². The van der Waals surface area contributed by atoms with Crippen LogP contribution in [0.1, 0.15) is 11.1 Å². The summed E-state index contributed by atoms with van der Waals surface area (Å²) in [7, 11) is 1.12. The van der Waals surface area contributed by atoms with Crippen molar-refractivity contribution < 1.29 is 27.1 Å². The van der Waals surface area contributed by atoms with E-state index < -0.39 is 29.9 Å². The summed E-state index contributed by atoms with van der Waals surface area (Å²) in [6.07, 6.45) is -4.71. The van der Waals surface area contributed by atoms with E-state index in [4.69, 9.17) is 5.26 Å². The molecule has 0 fully saturated rings. The van der Waals surface area contributed by atoms with Crippen LogP contribution in [-0.2, 0) is 15.7 Å². The molecule has 21 heavy (non-hydrogen) atoms. The van der Waals surface area contributed by atoms with Crippen molar-refractivity contribution in [1.29, 1.82) is 5.26 Å². The standard InChI is InChI=1S/C13H12F4N2O2/c1-21-12(20)8-19(5-4-14)10-3-2-9(7-18)11(6-10)13(15,16)17/h2-3,6H,4-5,8H2,1H3. The number of hydrogen-bond acceptors (Lipinski definition) is 4. The minimum absolute atomic E-state index is 0.00984. The van der Waals surface area contributed by atoms with E-state index in [0.29, 0.717) is 0 Å². The Balaban J connectivity index is 3.21. The van der Waals surface area contributed by atoms with Gasteiger partial charge in [-0.25, -0.2) is 4.39 Å². The molecular formula is C13H12F4N2O2. The van der Waals surface area contributed by atoms with Crippen molar-refractivity contribution in [2.24, 2.45) is 0 Å². The van der Waals surface area contributed by atoms with Crippen molar-refractivity contribution in [3.05, 3.63) is 29.3 Å². The zero-order valence-electron chi connectivity index (χ0n) is 11.1. The van der Waals surface area contributed by atoms with E-state index in [0.717, 1.165) is 24.1 Å². The molecule has 0 spiro atoms. The highest BCUT2D eigenvalue weighted by Crippen LogP contribution is 2.34. The van der Waals surface area contributed by atoms with Crippen molar-refractivity contribution in [1.82, 2.24) is 0 Å². The molecule has 1 aromatic carbocycles. The molecule has 0 aromatic heterocycles. The Hall–Kier alpha value is -2.30. The lowest BCUT2D eigenvalue weighted by Crippen LogP contribution is -2.32. The van der Waals surface area contributed by atoms with E-state index in [1.807, 2.05) is 0 Å². The molecule has 1 rings (SSSR count). The highest BCUT2D eigenvalue weighted by Gasteiger charge is 2.34. The van der Waals surface area contributed by atoms with Crippen molar-refractivity contribution >= 4 is 11.7 Å². The Labute approximate surface area is 118 Å². The Morgan fingerprint density at radius 1 is 1.43 bits per heavy atom. The van der Waals surface area contributed by atoms with E-state index in [1.165, 1.54) is 12.1 Å². The molecule has 0 aliphatic carbocycles. The van der Waals surface area contributed by atoms with Gasteiger partial charge in [0.25, 0.3) is 0 Å². The average molecular weight is 304 g/mol. The van der Waals surface area contributed by atoms with Crippen molar-refractivity contribution in [2.45, 2.75) is 6.18 Å². The Morgan fingerprint density at radius 2 is 2.10 bits per heavy atom. The monoisotopic (exact) mass is 304 g/mol. The number of halogens is 4. The van der Waals surface area contributed by atoms with Crippen molar-refractivity contribution in [3.8, 4) is 6.07 Å². The summed E-state index contributed by atoms with van der Waals surface area (Å²) in [6, 6.07) is 4.38. The normalized spacial score (nSPS) is 10.9. The Morgan fingerprint density at radius 3 is 2.57 bits per heavy atom. The predicted molar refractivity (Wildman–Crippen MR) is 66.4 cm³/mol. The van der Waals surface area contributed by atoms with Crippen LogP contribution in [0.2, 0.25) is 0 Å². The third-order valence-corrected chi connectivity index (χ3v) is 2.70. The second-order valence-corrected chi connectivity index (χ2v) is 4.03. The van der Waals surface area contributed by atoms with E-state index in [1.54, 1.807) is 0 Å². The molecule has 0 saturated heterocycles. The molecule has 0 bridgehead atoms. The van der Waals surface area contributed by atoms with Crippen LogP contribution in [0.5, 0.6) is 0 Å². The topological polar surface area (TPSA) is 53.3 Å². The Bertz CT molecular complexity index is 552. The molecule has 4 nitrogen and oxygen atoms in total. The molecule has 0 aliphatic rings. The smallest absolute Gasteiger partial charge is 0.417 e. The van der Waals surface area contributed by atoms with E-state index in [2.05, 4.69) is 4.74 Å². The Kier molecular flexibility index (Phi) is 5.52. The van der Waals surface area contributed by atoms with Gasteiger partial charge in [0.1, 0.15) is 13.2 Å². The molecular weight excluding hydrogens is 292 g/mol. The number of ether oxygens (including phenoxy) is 1. The molecule has 0 unspecified atom stereocenters. The predicted octanol–water partition coefficient (Wildman–Crippen LogP) is 2.53. The van der Waals surface area contributed by atoms with Crippen LogP contribution in [0, 0.1) is 11.3 Å². The lowest BCUT2D eigenvalue weighted by molar-refractivity contribution is -0.139. The molecule has 114 valence electrons. The number of nitrogens with zero attached hydrogens (tertiary/aromatic N) is 2. The first-order valence-electron chi connectivity index (χ1n) is 5.82. The number of carbonyl (C=O) groups excluding carboxylic acids is 1. The molecule has 0 saturated carbocycles. The summed E-state index contributed by atoms with van der Waals surface area (Å²) in [5, 5.41) is 8.70. The van der Waals surface area contributed by atoms with Gasteiger partial charge in [0.05, 0.1) is 24.3 Å². The molecule has 0 N–H and O–H groups in total. The molecule has 0 atom stereocenters. The number of benzene rings is 1. The summed E-state index contributed by atoms with van der Waals surface area (Å²) >= 11 is 0. The van der Waals surface area contributed by atoms with Gasteiger partial charge < -0.3 is 9.64 Å². The number of anilines is 1. The molecule has 0 heterocycles. The number of rotatable bonds is 5. The number of hydrogen-bond donors (Lipinski definition) is 0. The number of carbonyl (C=O) groups is 1. The largest absolute Gasteiger partial charge is 0.468 e. The van der Waals surface area contributed by atoms with Gasteiger partial charge >= 0.3 is 12.1 Å². The first-order valence-corrected chi connectivity index (χ1v) is 5.82. The van der Waals surface area contributed by atoms with Crippen LogP contribution in [0.4, 0.5) is 23.2 Å². The van der Waals surface area contributed by atoms with Crippen LogP contribution >= 0.6 is 0 Å². The summed E-state index contributed by atoms with van der Waals surface area (Å²) in [5.41, 5.74) is -1.68. The zero-order valence-corrected chi connectivity index (χ0v) is 11.1. The van der Waals surface area contributed by atoms with Gasteiger partial charge in [0, 0.05) is 12.2 Å². The van der Waals surface area contributed by atoms with Gasteiger partial charge in [-0.1, -0.05) is 0 Å². The van der Waals surface area contributed by atoms with Gasteiger partial charge in [0.2, 0.25) is 0 Å². The first kappa shape index (κ1) is 16.8. The maximum absolute atomic E-state index is 12.9. The summed E-state index contributed by atoms with van der Waals surface area (Å²) < 4.78 is 55.5. The fourth-order valence-corrected chi connectivity index (χ4v) is 1.68. The van der Waals surface area contributed by atoms with Crippen LogP contribution < -0.4 is 4.90 Å². The van der Waals surface area contributed by atoms with Gasteiger partial charge in [-0.3, -0.25) is 4.79 Å². The number of nitriles is 1. The third-order valence-electron chi connectivity index (χ3n) is 2.70. The minimum atomic E-state index is -4.71. The number of methoxy groups -OCH3 is 1. The van der Waals surface area contributed by atoms with E-state index >= 15 is 0 Å². The summed E-state index contributed by atoms with van der Waals surface area (Å²) in [6.45, 7) is -1.50. The van der Waals surface area contributed by atoms with Crippen molar-refractivity contribution in [2.75, 3.05) is 31.8 Å². The lowest BCUT2D eigenvalue weighted by Gasteiger charge is -2.23. The molecule has 0 aliphatic heterocycles. The maximum Gasteiger partial charge on any atom is 0.417 e. The van der Waals surface area contributed by atoms with Gasteiger partial charge in [-0.05, 0) is 18.2 Å². The van der Waals surface area contributed by atoms with Crippen LogP contribution in [0.25, 0.3) is 0 Å².